The lowest BCUT2D eigenvalue weighted by Gasteiger charge is -2.21. The predicted molar refractivity (Wildman–Crippen MR) is 89.4 cm³/mol. The maximum Gasteiger partial charge on any atom is 0.384 e. The van der Waals surface area contributed by atoms with Gasteiger partial charge in [0, 0.05) is 26.8 Å². The molecule has 4 N–H and O–H groups in total. The Morgan fingerprint density at radius 1 is 1.22 bits per heavy atom. The number of anilines is 1. The number of hydrogen-bond acceptors (Lipinski definition) is 6. The first-order chi connectivity index (χ1) is 10.7. The van der Waals surface area contributed by atoms with E-state index in [-0.39, 0.29) is 11.7 Å². The summed E-state index contributed by atoms with van der Waals surface area (Å²) in [7, 11) is 0.553. The zero-order chi connectivity index (χ0) is 17.6. The highest BCUT2D eigenvalue weighted by Crippen LogP contribution is 2.21. The minimum atomic E-state index is -3.80. The molecule has 0 unspecified atom stereocenters. The smallest absolute Gasteiger partial charge is 0.371 e. The molecule has 8 nitrogen and oxygen atoms in total. The molecule has 1 atom stereocenters. The largest absolute Gasteiger partial charge is 0.384 e. The summed E-state index contributed by atoms with van der Waals surface area (Å²) in [6, 6.07) is 5.52. The molecule has 0 aliphatic heterocycles. The van der Waals surface area contributed by atoms with Gasteiger partial charge in [-0.15, -0.1) is 0 Å². The van der Waals surface area contributed by atoms with Gasteiger partial charge in [-0.05, 0) is 43.7 Å². The number of likely N-dealkylation sites (N-methyl/N-ethyl adjacent to an activating group) is 1. The molecular formula is C14H24N4O4S. The van der Waals surface area contributed by atoms with Gasteiger partial charge in [-0.1, -0.05) is 0 Å². The Labute approximate surface area is 137 Å². The standard InChI is InChI=1S/C14H24N4O4S/c1-17(2)23(20,21)22-12-8-6-11(7-9-12)18(3)14(19)13(16)5-4-10-15/h6-9,13H,4-5,10,15-16H2,1-3H3/t13-/m0/s1. The highest BCUT2D eigenvalue weighted by atomic mass is 32.2. The summed E-state index contributed by atoms with van der Waals surface area (Å²) in [6.07, 6.45) is 1.19. The van der Waals surface area contributed by atoms with E-state index in [4.69, 9.17) is 15.7 Å². The highest BCUT2D eigenvalue weighted by Gasteiger charge is 2.19. The van der Waals surface area contributed by atoms with E-state index >= 15 is 0 Å². The minimum Gasteiger partial charge on any atom is -0.371 e. The molecule has 0 heterocycles. The summed E-state index contributed by atoms with van der Waals surface area (Å²) in [6.45, 7) is 0.483. The van der Waals surface area contributed by atoms with E-state index in [0.29, 0.717) is 25.1 Å². The lowest BCUT2D eigenvalue weighted by atomic mass is 10.1. The van der Waals surface area contributed by atoms with Crippen LogP contribution in [0.15, 0.2) is 24.3 Å². The predicted octanol–water partition coefficient (Wildman–Crippen LogP) is -0.0992. The van der Waals surface area contributed by atoms with Crippen molar-refractivity contribution >= 4 is 21.9 Å². The van der Waals surface area contributed by atoms with Gasteiger partial charge in [-0.25, -0.2) is 0 Å². The van der Waals surface area contributed by atoms with Crippen molar-refractivity contribution < 1.29 is 17.4 Å². The zero-order valence-corrected chi connectivity index (χ0v) is 14.4. The van der Waals surface area contributed by atoms with Crippen molar-refractivity contribution in [3.8, 4) is 5.75 Å². The Bertz CT molecular complexity index is 616. The molecule has 0 saturated heterocycles. The van der Waals surface area contributed by atoms with Gasteiger partial charge in [0.15, 0.2) is 0 Å². The molecule has 0 aliphatic rings. The van der Waals surface area contributed by atoms with Gasteiger partial charge in [0.05, 0.1) is 6.04 Å². The van der Waals surface area contributed by atoms with Gasteiger partial charge in [0.1, 0.15) is 5.75 Å². The number of carbonyl (C=O) groups is 1. The summed E-state index contributed by atoms with van der Waals surface area (Å²) < 4.78 is 29.1. The molecule has 0 aliphatic carbocycles. The van der Waals surface area contributed by atoms with Crippen LogP contribution in [0.3, 0.4) is 0 Å². The van der Waals surface area contributed by atoms with Crippen LogP contribution in [0.4, 0.5) is 5.69 Å². The maximum atomic E-state index is 12.2. The summed E-state index contributed by atoms with van der Waals surface area (Å²) in [5.41, 5.74) is 11.8. The van der Waals surface area contributed by atoms with Crippen molar-refractivity contribution in [2.24, 2.45) is 11.5 Å². The van der Waals surface area contributed by atoms with Crippen molar-refractivity contribution in [1.29, 1.82) is 0 Å². The van der Waals surface area contributed by atoms with E-state index in [9.17, 15) is 13.2 Å². The molecule has 1 rings (SSSR count). The molecule has 1 amide bonds. The first-order valence-corrected chi connectivity index (χ1v) is 8.50. The third-order valence-electron chi connectivity index (χ3n) is 3.24. The fraction of sp³-hybridized carbons (Fsp3) is 0.500. The normalized spacial score (nSPS) is 13.0. The molecule has 23 heavy (non-hydrogen) atoms. The summed E-state index contributed by atoms with van der Waals surface area (Å²) in [4.78, 5) is 13.6. The lowest BCUT2D eigenvalue weighted by molar-refractivity contribution is -0.119. The fourth-order valence-corrected chi connectivity index (χ4v) is 2.26. The van der Waals surface area contributed by atoms with Crippen LogP contribution >= 0.6 is 0 Å². The first-order valence-electron chi connectivity index (χ1n) is 7.14. The fourth-order valence-electron chi connectivity index (χ4n) is 1.76. The van der Waals surface area contributed by atoms with Crippen LogP contribution in [0, 0.1) is 0 Å². The quantitative estimate of drug-likeness (QED) is 0.680. The average molecular weight is 344 g/mol. The van der Waals surface area contributed by atoms with Crippen LogP contribution in [-0.4, -0.2) is 52.4 Å². The Morgan fingerprint density at radius 2 is 1.78 bits per heavy atom. The number of hydrogen-bond donors (Lipinski definition) is 2. The second-order valence-electron chi connectivity index (χ2n) is 5.25. The molecule has 130 valence electrons. The summed E-state index contributed by atoms with van der Waals surface area (Å²) in [5.74, 6) is -0.0660. The molecule has 1 aromatic rings. The number of benzene rings is 1. The average Bonchev–Trinajstić information content (AvgIpc) is 2.51. The molecule has 0 aromatic heterocycles. The van der Waals surface area contributed by atoms with Gasteiger partial charge in [0.25, 0.3) is 0 Å². The molecule has 9 heteroatoms. The Balaban J connectivity index is 2.78. The van der Waals surface area contributed by atoms with E-state index in [1.165, 1.54) is 31.1 Å². The van der Waals surface area contributed by atoms with Crippen LogP contribution in [-0.2, 0) is 15.1 Å². The third-order valence-corrected chi connectivity index (χ3v) is 4.54. The van der Waals surface area contributed by atoms with Crippen molar-refractivity contribution in [3.05, 3.63) is 24.3 Å². The van der Waals surface area contributed by atoms with Gasteiger partial charge in [0.2, 0.25) is 5.91 Å². The summed E-state index contributed by atoms with van der Waals surface area (Å²) >= 11 is 0. The zero-order valence-electron chi connectivity index (χ0n) is 13.6. The van der Waals surface area contributed by atoms with Crippen molar-refractivity contribution in [3.63, 3.8) is 0 Å². The maximum absolute atomic E-state index is 12.2. The van der Waals surface area contributed by atoms with Crippen LogP contribution in [0.25, 0.3) is 0 Å². The van der Waals surface area contributed by atoms with Gasteiger partial charge >= 0.3 is 10.3 Å². The van der Waals surface area contributed by atoms with E-state index in [2.05, 4.69) is 0 Å². The van der Waals surface area contributed by atoms with E-state index in [0.717, 1.165) is 4.31 Å². The number of nitrogens with zero attached hydrogens (tertiary/aromatic N) is 2. The minimum absolute atomic E-state index is 0.163. The molecule has 0 bridgehead atoms. The second-order valence-corrected chi connectivity index (χ2v) is 7.00. The number of carbonyl (C=O) groups excluding carboxylic acids is 1. The first kappa shape index (κ1) is 19.4. The number of nitrogens with two attached hydrogens (primary N) is 2. The lowest BCUT2D eigenvalue weighted by Crippen LogP contribution is -2.42. The van der Waals surface area contributed by atoms with Crippen molar-refractivity contribution in [2.75, 3.05) is 32.6 Å². The van der Waals surface area contributed by atoms with Gasteiger partial charge in [-0.2, -0.15) is 12.7 Å². The van der Waals surface area contributed by atoms with Crippen LogP contribution < -0.4 is 20.6 Å². The highest BCUT2D eigenvalue weighted by molar-refractivity contribution is 7.84. The molecule has 0 saturated carbocycles. The third kappa shape index (κ3) is 5.47. The van der Waals surface area contributed by atoms with E-state index < -0.39 is 16.3 Å². The Hall–Kier alpha value is -1.68. The van der Waals surface area contributed by atoms with Crippen LogP contribution in [0.2, 0.25) is 0 Å². The molecule has 1 aromatic carbocycles. The topological polar surface area (TPSA) is 119 Å². The van der Waals surface area contributed by atoms with Gasteiger partial charge < -0.3 is 20.6 Å². The molecule has 0 radical (unpaired) electrons. The monoisotopic (exact) mass is 344 g/mol. The molecule has 0 fully saturated rings. The van der Waals surface area contributed by atoms with Crippen molar-refractivity contribution in [2.45, 2.75) is 18.9 Å². The summed E-state index contributed by atoms with van der Waals surface area (Å²) in [5, 5.41) is 0. The van der Waals surface area contributed by atoms with Crippen molar-refractivity contribution in [1.82, 2.24) is 4.31 Å². The molecular weight excluding hydrogens is 320 g/mol. The van der Waals surface area contributed by atoms with Crippen LogP contribution in [0.5, 0.6) is 5.75 Å². The number of amides is 1. The SMILES string of the molecule is CN(C(=O)[C@@H](N)CCCN)c1ccc(OS(=O)(=O)N(C)C)cc1. The molecule has 0 spiro atoms. The van der Waals surface area contributed by atoms with Crippen LogP contribution in [0.1, 0.15) is 12.8 Å². The Kier molecular flexibility index (Phi) is 6.95. The van der Waals surface area contributed by atoms with E-state index in [1.54, 1.807) is 19.2 Å². The van der Waals surface area contributed by atoms with Gasteiger partial charge in [-0.3, -0.25) is 4.79 Å². The van der Waals surface area contributed by atoms with E-state index in [1.807, 2.05) is 0 Å². The Morgan fingerprint density at radius 3 is 2.26 bits per heavy atom. The second kappa shape index (κ2) is 8.25. The number of rotatable bonds is 8.